The summed E-state index contributed by atoms with van der Waals surface area (Å²) in [5, 5.41) is 71.8. The molecule has 0 saturated carbocycles. The van der Waals surface area contributed by atoms with Gasteiger partial charge in [0.15, 0.2) is 28.6 Å². The summed E-state index contributed by atoms with van der Waals surface area (Å²) in [5.74, 6) is 0.202. The third kappa shape index (κ3) is 27.9. The molecular weight excluding hydrogens is 1640 g/mol. The molecule has 1 aliphatic rings. The number of amides is 4. The summed E-state index contributed by atoms with van der Waals surface area (Å²) in [7, 11) is 0. The highest BCUT2D eigenvalue weighted by Crippen LogP contribution is 2.41. The van der Waals surface area contributed by atoms with E-state index in [2.05, 4.69) is 81.0 Å². The van der Waals surface area contributed by atoms with Gasteiger partial charge in [0.1, 0.15) is 0 Å². The van der Waals surface area contributed by atoms with E-state index in [9.17, 15) is 39.6 Å². The second-order valence-corrected chi connectivity index (χ2v) is 28.9. The van der Waals surface area contributed by atoms with Gasteiger partial charge in [0.05, 0.1) is 91.7 Å². The van der Waals surface area contributed by atoms with Gasteiger partial charge in [-0.15, -0.1) is 0 Å². The summed E-state index contributed by atoms with van der Waals surface area (Å²) in [6.45, 7) is 20.8. The first kappa shape index (κ1) is 90.1. The van der Waals surface area contributed by atoms with Gasteiger partial charge in [-0.05, 0) is 187 Å². The van der Waals surface area contributed by atoms with E-state index in [1.54, 1.807) is 146 Å². The Balaban J connectivity index is 0.000000170. The van der Waals surface area contributed by atoms with Crippen LogP contribution in [0.2, 0.25) is 0 Å². The van der Waals surface area contributed by atoms with E-state index in [-0.39, 0.29) is 25.0 Å². The molecule has 4 unspecified atom stereocenters. The number of β-amino-alcohol motifs (C(OH)–C–C–N with tert-alkyl or cyclic N) is 1. The molecule has 598 valence electrons. The van der Waals surface area contributed by atoms with Crippen LogP contribution in [0.15, 0.2) is 360 Å². The number of nitriles is 3. The van der Waals surface area contributed by atoms with Crippen molar-refractivity contribution in [3.05, 3.63) is 450 Å². The van der Waals surface area contributed by atoms with E-state index in [4.69, 9.17) is 35.5 Å². The predicted molar refractivity (Wildman–Crippen MR) is 480 cm³/mol. The van der Waals surface area contributed by atoms with Crippen molar-refractivity contribution in [2.45, 2.75) is 62.6 Å². The first-order chi connectivity index (χ1) is 58.8. The SMILES string of the molecule is N#Cc1ccc(CCC(O)c2ccccc2)cc1.O=C(CCc1ccc(Br)cc1)c1ccccc1.OC(CCc1ccc(Br)cc1)c1ccccc1.[C-]#[N+]c1ccc(N2C(=O)N(c3ccc(C#N)cc3)CC2(O)c2ccccc2)cc1.[C-]#[N+]c1ccc(N=C=O)cc1.[C-]#[N+]c1ccc(NC(=O)N(CC(O)c2ccccc2)c2ccc(C#N)cc2)cc1. The topological polar surface area (TPSA) is 268 Å². The second kappa shape index (κ2) is 47.4. The molecule has 121 heavy (non-hydrogen) atoms. The molecule has 5 N–H and O–H groups in total. The Kier molecular flexibility index (Phi) is 35.3. The monoisotopic (exact) mass is 1720 g/mol. The lowest BCUT2D eigenvalue weighted by molar-refractivity contribution is 0.0655. The zero-order chi connectivity index (χ0) is 86.1. The number of nitrogens with one attached hydrogen (secondary N) is 1. The molecule has 14 rings (SSSR count). The molecule has 1 aliphatic heterocycles. The number of anilines is 4. The van der Waals surface area contributed by atoms with Crippen LogP contribution >= 0.6 is 31.9 Å². The quantitative estimate of drug-likeness (QED) is 0.0195. The van der Waals surface area contributed by atoms with Gasteiger partial charge in [-0.2, -0.15) is 20.8 Å². The molecule has 21 heteroatoms. The average Bonchev–Trinajstić information content (AvgIpc) is 1.59. The Labute approximate surface area is 720 Å². The molecule has 4 amide bonds. The molecule has 13 aromatic carbocycles. The smallest absolute Gasteiger partial charge is 0.331 e. The summed E-state index contributed by atoms with van der Waals surface area (Å²) in [6, 6.07) is 109. The number of hydrogen-bond donors (Lipinski definition) is 5. The summed E-state index contributed by atoms with van der Waals surface area (Å²) < 4.78 is 2.15. The van der Waals surface area contributed by atoms with Crippen LogP contribution < -0.4 is 20.0 Å². The van der Waals surface area contributed by atoms with Crippen LogP contribution in [0.1, 0.15) is 104 Å². The highest BCUT2D eigenvalue weighted by molar-refractivity contribution is 9.10. The van der Waals surface area contributed by atoms with Crippen molar-refractivity contribution >= 4 is 101 Å². The molecule has 1 fully saturated rings. The lowest BCUT2D eigenvalue weighted by atomic mass is 10.0. The minimum absolute atomic E-state index is 0.0202. The van der Waals surface area contributed by atoms with Crippen molar-refractivity contribution in [1.82, 2.24) is 0 Å². The minimum atomic E-state index is -1.59. The molecule has 19 nitrogen and oxygen atoms in total. The lowest BCUT2D eigenvalue weighted by Gasteiger charge is -2.32. The molecule has 4 atom stereocenters. The maximum Gasteiger partial charge on any atom is 0.331 e. The zero-order valence-electron chi connectivity index (χ0n) is 65.4. The summed E-state index contributed by atoms with van der Waals surface area (Å²) >= 11 is 6.81. The number of aliphatic hydroxyl groups is 4. The maximum absolute atomic E-state index is 13.4. The molecule has 0 aromatic heterocycles. The van der Waals surface area contributed by atoms with Crippen LogP contribution in [0, 0.1) is 53.7 Å². The highest BCUT2D eigenvalue weighted by Gasteiger charge is 2.51. The fourth-order valence-corrected chi connectivity index (χ4v) is 12.8. The van der Waals surface area contributed by atoms with Crippen molar-refractivity contribution in [2.24, 2.45) is 4.99 Å². The Bertz CT molecular complexity index is 5730. The molecule has 0 spiro atoms. The number of aliphatic imine (C=N–C) groups is 1. The number of ketones is 1. The van der Waals surface area contributed by atoms with E-state index in [1.165, 1.54) is 31.9 Å². The molecule has 13 aromatic rings. The van der Waals surface area contributed by atoms with E-state index >= 15 is 0 Å². The van der Waals surface area contributed by atoms with Gasteiger partial charge < -0.3 is 25.7 Å². The van der Waals surface area contributed by atoms with Crippen molar-refractivity contribution in [3.63, 3.8) is 0 Å². The van der Waals surface area contributed by atoms with Gasteiger partial charge in [0, 0.05) is 49.2 Å². The summed E-state index contributed by atoms with van der Waals surface area (Å²) in [5.41, 5.74) is 11.8. The Hall–Kier alpha value is -14.8. The van der Waals surface area contributed by atoms with Crippen LogP contribution in [0.5, 0.6) is 0 Å². The number of rotatable bonds is 21. The fraction of sp³-hybridized carbons (Fsp3) is 0.120. The number of isocyanates is 1. The predicted octanol–water partition coefficient (Wildman–Crippen LogP) is 23.1. The fourth-order valence-electron chi connectivity index (χ4n) is 12.3. The number of nitrogens with zero attached hydrogens (tertiary/aromatic N) is 10. The number of urea groups is 2. The third-order valence-electron chi connectivity index (χ3n) is 18.9. The number of carbonyl (C=O) groups is 3. The molecule has 0 bridgehead atoms. The normalized spacial score (nSPS) is 12.7. The molecule has 1 saturated heterocycles. The molecule has 1 heterocycles. The Morgan fingerprint density at radius 3 is 1.27 bits per heavy atom. The molecule has 0 aliphatic carbocycles. The molecule has 0 radical (unpaired) electrons. The van der Waals surface area contributed by atoms with Gasteiger partial charge in [-0.25, -0.2) is 28.9 Å². The number of hydrogen-bond acceptors (Lipinski definition) is 12. The van der Waals surface area contributed by atoms with Crippen LogP contribution in [0.4, 0.5) is 55.1 Å². The highest BCUT2D eigenvalue weighted by atomic mass is 79.9. The number of carbonyl (C=O) groups excluding carboxylic acids is 4. The van der Waals surface area contributed by atoms with E-state index < -0.39 is 30.0 Å². The van der Waals surface area contributed by atoms with Gasteiger partial charge >= 0.3 is 12.1 Å². The average molecular weight is 1720 g/mol. The van der Waals surface area contributed by atoms with Crippen molar-refractivity contribution < 1.29 is 39.6 Å². The Morgan fingerprint density at radius 1 is 0.471 bits per heavy atom. The third-order valence-corrected chi connectivity index (χ3v) is 19.9. The lowest BCUT2D eigenvalue weighted by Crippen LogP contribution is -2.44. The van der Waals surface area contributed by atoms with Gasteiger partial charge in [-0.3, -0.25) is 19.5 Å². The van der Waals surface area contributed by atoms with Gasteiger partial charge in [0.2, 0.25) is 6.08 Å². The van der Waals surface area contributed by atoms with Crippen LogP contribution in [0.3, 0.4) is 0 Å². The standard InChI is InChI=1S/C23H16N4O2.C23H18N4O2.C16H15NO.C15H15BrO.C15H13BrO.C8H4N2O/c1-25-19-9-13-21(14-10-19)27-22(28)26(20-11-7-17(15-24)8-12-20)16-23(27,29)18-5-3-2-4-6-18;1-25-19-9-11-20(12-10-19)26-23(29)27(21-13-7-17(15-24)8-14-21)16-22(28)18-5-3-2-4-6-18;17-12-14-8-6-13(7-9-14)10-11-16(18)15-4-2-1-3-5-15;2*16-14-9-6-12(7-10-14)8-11-15(17)13-4-2-1-3-5-13;1-9-7-2-4-8(5-3-7)10-6-11/h2-14,29H,16H2;2-14,22,28H,16H2,(H,26,29);1-9,16,18H,10-11H2;1-7,9-10,15,17H,8,11H2;1-7,9-10H,8,11H2;2-5H. The van der Waals surface area contributed by atoms with Gasteiger partial charge in [-0.1, -0.05) is 256 Å². The second-order valence-electron chi connectivity index (χ2n) is 27.1. The summed E-state index contributed by atoms with van der Waals surface area (Å²) in [6.07, 6.45) is 4.23. The summed E-state index contributed by atoms with van der Waals surface area (Å²) in [4.78, 5) is 65.5. The van der Waals surface area contributed by atoms with E-state index in [1.807, 2.05) is 194 Å². The number of aryl methyl sites for hydroxylation is 3. The number of halogens is 2. The van der Waals surface area contributed by atoms with Crippen LogP contribution in [0.25, 0.3) is 14.5 Å². The number of aliphatic hydroxyl groups excluding tert-OH is 3. The first-order valence-corrected chi connectivity index (χ1v) is 39.7. The largest absolute Gasteiger partial charge is 0.388 e. The Morgan fingerprint density at radius 2 is 0.843 bits per heavy atom. The van der Waals surface area contributed by atoms with Crippen molar-refractivity contribution in [1.29, 1.82) is 15.8 Å². The number of Topliss-reactive ketones (excluding diaryl/α,β-unsaturated/α-hetero) is 1. The zero-order valence-corrected chi connectivity index (χ0v) is 68.6. The number of benzene rings is 13. The van der Waals surface area contributed by atoms with Crippen molar-refractivity contribution in [2.75, 3.05) is 33.1 Å². The van der Waals surface area contributed by atoms with Crippen molar-refractivity contribution in [3.8, 4) is 18.2 Å². The van der Waals surface area contributed by atoms with E-state index in [0.29, 0.717) is 86.2 Å². The van der Waals surface area contributed by atoms with Gasteiger partial charge in [0.25, 0.3) is 0 Å². The molecular formula is C100H81Br2N11O8. The van der Waals surface area contributed by atoms with Crippen LogP contribution in [-0.4, -0.2) is 57.4 Å². The van der Waals surface area contributed by atoms with E-state index in [0.717, 1.165) is 56.9 Å². The maximum atomic E-state index is 13.4. The van der Waals surface area contributed by atoms with Crippen LogP contribution in [-0.2, 0) is 29.8 Å². The first-order valence-electron chi connectivity index (χ1n) is 38.1. The minimum Gasteiger partial charge on any atom is -0.388 e.